The number of nitrogens with zero attached hydrogens (tertiary/aromatic N) is 2. The number of carbonyl (C=O) groups is 3. The minimum absolute atomic E-state index is 0.0433. The lowest BCUT2D eigenvalue weighted by Gasteiger charge is -2.01. The molecule has 0 saturated heterocycles. The highest BCUT2D eigenvalue weighted by atomic mass is 16.4. The van der Waals surface area contributed by atoms with Crippen LogP contribution in [0, 0.1) is 0 Å². The predicted octanol–water partition coefficient (Wildman–Crippen LogP) is 1.75. The van der Waals surface area contributed by atoms with Crippen LogP contribution in [-0.4, -0.2) is 40.6 Å². The summed E-state index contributed by atoms with van der Waals surface area (Å²) >= 11 is 0. The molecule has 2 aromatic carbocycles. The molecule has 2 aromatic rings. The Hall–Kier alpha value is -4.01. The van der Waals surface area contributed by atoms with E-state index in [1.54, 1.807) is 24.3 Å². The van der Waals surface area contributed by atoms with Gasteiger partial charge in [-0.3, -0.25) is 0 Å². The highest BCUT2D eigenvalue weighted by molar-refractivity contribution is 5.99. The molecule has 0 radical (unpaired) electrons. The predicted molar refractivity (Wildman–Crippen MR) is 93.7 cm³/mol. The monoisotopic (exact) mass is 354 g/mol. The van der Waals surface area contributed by atoms with Gasteiger partial charge in [-0.15, -0.1) is 0 Å². The molecule has 132 valence electrons. The SMILES string of the molecule is O=C(N/N=C/c1ccccc1C(=O)O)N/N=C/c1ccccc1C(=O)O. The van der Waals surface area contributed by atoms with E-state index in [1.807, 2.05) is 0 Å². The van der Waals surface area contributed by atoms with Crippen molar-refractivity contribution in [3.63, 3.8) is 0 Å². The van der Waals surface area contributed by atoms with Crippen molar-refractivity contribution < 1.29 is 24.6 Å². The second-order valence-corrected chi connectivity index (χ2v) is 4.85. The normalized spacial score (nSPS) is 10.8. The third kappa shape index (κ3) is 4.99. The average Bonchev–Trinajstić information content (AvgIpc) is 2.62. The number of amides is 2. The van der Waals surface area contributed by atoms with Crippen LogP contribution >= 0.6 is 0 Å². The Kier molecular flexibility index (Phi) is 6.16. The molecule has 2 rings (SSSR count). The van der Waals surface area contributed by atoms with E-state index in [9.17, 15) is 14.4 Å². The molecule has 0 bridgehead atoms. The van der Waals surface area contributed by atoms with E-state index in [0.29, 0.717) is 11.1 Å². The third-order valence-electron chi connectivity index (χ3n) is 3.12. The zero-order chi connectivity index (χ0) is 18.9. The van der Waals surface area contributed by atoms with E-state index in [0.717, 1.165) is 0 Å². The molecule has 2 amide bonds. The Morgan fingerprint density at radius 1 is 0.731 bits per heavy atom. The Balaban J connectivity index is 1.94. The number of carboxylic acids is 2. The summed E-state index contributed by atoms with van der Waals surface area (Å²) in [4.78, 5) is 33.7. The fourth-order valence-corrected chi connectivity index (χ4v) is 1.95. The van der Waals surface area contributed by atoms with Crippen LogP contribution < -0.4 is 10.9 Å². The van der Waals surface area contributed by atoms with Gasteiger partial charge in [0.15, 0.2) is 0 Å². The number of rotatable bonds is 6. The first kappa shape index (κ1) is 18.3. The minimum Gasteiger partial charge on any atom is -0.478 e. The number of aromatic carboxylic acids is 2. The quantitative estimate of drug-likeness (QED) is 0.462. The van der Waals surface area contributed by atoms with Crippen LogP contribution in [0.1, 0.15) is 31.8 Å². The summed E-state index contributed by atoms with van der Waals surface area (Å²) in [5.41, 5.74) is 4.96. The Morgan fingerprint density at radius 3 is 1.50 bits per heavy atom. The first-order chi connectivity index (χ1) is 12.5. The molecule has 9 heteroatoms. The molecule has 4 N–H and O–H groups in total. The van der Waals surface area contributed by atoms with Crippen molar-refractivity contribution in [1.82, 2.24) is 10.9 Å². The summed E-state index contributed by atoms with van der Waals surface area (Å²) in [6, 6.07) is 11.5. The summed E-state index contributed by atoms with van der Waals surface area (Å²) in [6.45, 7) is 0. The Labute approximate surface area is 147 Å². The van der Waals surface area contributed by atoms with Gasteiger partial charge in [0.05, 0.1) is 23.6 Å². The number of carboxylic acid groups (broad SMARTS) is 2. The number of carbonyl (C=O) groups excluding carboxylic acids is 1. The van der Waals surface area contributed by atoms with Crippen molar-refractivity contribution in [2.45, 2.75) is 0 Å². The van der Waals surface area contributed by atoms with Gasteiger partial charge in [-0.05, 0) is 12.1 Å². The summed E-state index contributed by atoms with van der Waals surface area (Å²) < 4.78 is 0. The maximum absolute atomic E-state index is 11.6. The summed E-state index contributed by atoms with van der Waals surface area (Å²) in [6.07, 6.45) is 2.37. The van der Waals surface area contributed by atoms with Crippen molar-refractivity contribution in [2.75, 3.05) is 0 Å². The fraction of sp³-hybridized carbons (Fsp3) is 0. The molecule has 0 aromatic heterocycles. The fourth-order valence-electron chi connectivity index (χ4n) is 1.95. The van der Waals surface area contributed by atoms with E-state index in [-0.39, 0.29) is 11.1 Å². The number of hydrogen-bond donors (Lipinski definition) is 4. The molecule has 0 aliphatic heterocycles. The topological polar surface area (TPSA) is 140 Å². The van der Waals surface area contributed by atoms with Crippen LogP contribution in [0.25, 0.3) is 0 Å². The average molecular weight is 354 g/mol. The van der Waals surface area contributed by atoms with Gasteiger partial charge in [0.2, 0.25) is 0 Å². The second kappa shape index (κ2) is 8.73. The number of nitrogens with one attached hydrogen (secondary N) is 2. The van der Waals surface area contributed by atoms with E-state index in [4.69, 9.17) is 10.2 Å². The molecular formula is C17H14N4O5. The van der Waals surface area contributed by atoms with Crippen molar-refractivity contribution in [2.24, 2.45) is 10.2 Å². The molecular weight excluding hydrogens is 340 g/mol. The second-order valence-electron chi connectivity index (χ2n) is 4.85. The van der Waals surface area contributed by atoms with E-state index in [2.05, 4.69) is 21.1 Å². The zero-order valence-corrected chi connectivity index (χ0v) is 13.3. The number of urea groups is 1. The summed E-state index contributed by atoms with van der Waals surface area (Å²) in [5.74, 6) is -2.23. The molecule has 0 unspecified atom stereocenters. The van der Waals surface area contributed by atoms with Crippen LogP contribution in [0.3, 0.4) is 0 Å². The Bertz CT molecular complexity index is 821. The number of benzene rings is 2. The molecule has 0 spiro atoms. The molecule has 0 saturated carbocycles. The zero-order valence-electron chi connectivity index (χ0n) is 13.3. The maximum Gasteiger partial charge on any atom is 0.355 e. The van der Waals surface area contributed by atoms with Crippen LogP contribution in [0.2, 0.25) is 0 Å². The summed E-state index contributed by atoms with van der Waals surface area (Å²) in [5, 5.41) is 25.4. The molecule has 0 atom stereocenters. The van der Waals surface area contributed by atoms with Crippen LogP contribution in [0.5, 0.6) is 0 Å². The molecule has 26 heavy (non-hydrogen) atoms. The van der Waals surface area contributed by atoms with Crippen LogP contribution in [-0.2, 0) is 0 Å². The van der Waals surface area contributed by atoms with Crippen molar-refractivity contribution >= 4 is 30.4 Å². The Morgan fingerprint density at radius 2 is 1.12 bits per heavy atom. The van der Waals surface area contributed by atoms with Crippen LogP contribution in [0.4, 0.5) is 4.79 Å². The molecule has 0 aliphatic rings. The summed E-state index contributed by atoms with van der Waals surface area (Å²) in [7, 11) is 0. The highest BCUT2D eigenvalue weighted by Crippen LogP contribution is 2.06. The molecule has 9 nitrogen and oxygen atoms in total. The largest absolute Gasteiger partial charge is 0.478 e. The van der Waals surface area contributed by atoms with Gasteiger partial charge in [0.1, 0.15) is 0 Å². The van der Waals surface area contributed by atoms with Crippen molar-refractivity contribution in [1.29, 1.82) is 0 Å². The smallest absolute Gasteiger partial charge is 0.355 e. The van der Waals surface area contributed by atoms with Gasteiger partial charge in [-0.25, -0.2) is 25.2 Å². The van der Waals surface area contributed by atoms with Gasteiger partial charge >= 0.3 is 18.0 Å². The molecule has 0 fully saturated rings. The first-order valence-electron chi connectivity index (χ1n) is 7.26. The first-order valence-corrected chi connectivity index (χ1v) is 7.26. The maximum atomic E-state index is 11.6. The lowest BCUT2D eigenvalue weighted by molar-refractivity contribution is 0.0686. The van der Waals surface area contributed by atoms with Crippen molar-refractivity contribution in [3.8, 4) is 0 Å². The lowest BCUT2D eigenvalue weighted by Crippen LogP contribution is -2.28. The lowest BCUT2D eigenvalue weighted by atomic mass is 10.1. The highest BCUT2D eigenvalue weighted by Gasteiger charge is 2.07. The van der Waals surface area contributed by atoms with Gasteiger partial charge in [-0.1, -0.05) is 36.4 Å². The van der Waals surface area contributed by atoms with Crippen molar-refractivity contribution in [3.05, 3.63) is 70.8 Å². The molecule has 0 heterocycles. The molecule has 0 aliphatic carbocycles. The standard InChI is InChI=1S/C17H14N4O5/c22-15(23)13-7-3-1-5-11(13)9-18-20-17(26)21-19-10-12-6-2-4-8-14(12)16(24)25/h1-10H,(H,22,23)(H,24,25)(H2,20,21,26)/b18-9+,19-10+. The van der Waals surface area contributed by atoms with E-state index >= 15 is 0 Å². The van der Waals surface area contributed by atoms with Gasteiger partial charge in [0.25, 0.3) is 0 Å². The number of hydrazone groups is 2. The minimum atomic E-state index is -1.11. The van der Waals surface area contributed by atoms with E-state index in [1.165, 1.54) is 36.7 Å². The third-order valence-corrected chi connectivity index (χ3v) is 3.12. The van der Waals surface area contributed by atoms with E-state index < -0.39 is 18.0 Å². The number of hydrogen-bond acceptors (Lipinski definition) is 5. The van der Waals surface area contributed by atoms with Crippen LogP contribution in [0.15, 0.2) is 58.7 Å². The van der Waals surface area contributed by atoms with Gasteiger partial charge in [0, 0.05) is 11.1 Å². The van der Waals surface area contributed by atoms with Gasteiger partial charge in [-0.2, -0.15) is 10.2 Å². The van der Waals surface area contributed by atoms with Gasteiger partial charge < -0.3 is 10.2 Å².